The van der Waals surface area contributed by atoms with E-state index in [4.69, 9.17) is 11.5 Å². The molecule has 1 aliphatic rings. The summed E-state index contributed by atoms with van der Waals surface area (Å²) in [6.45, 7) is 3.78. The highest BCUT2D eigenvalue weighted by atomic mass is 16.2. The molecular formula is C13H25N3O2. The zero-order valence-corrected chi connectivity index (χ0v) is 11.4. The van der Waals surface area contributed by atoms with Crippen LogP contribution in [0.3, 0.4) is 0 Å². The summed E-state index contributed by atoms with van der Waals surface area (Å²) in [5, 5.41) is 2.99. The Kier molecular flexibility index (Phi) is 5.14. The van der Waals surface area contributed by atoms with Gasteiger partial charge in [0.15, 0.2) is 0 Å². The van der Waals surface area contributed by atoms with Gasteiger partial charge in [-0.25, -0.2) is 0 Å². The number of amides is 2. The molecule has 104 valence electrons. The summed E-state index contributed by atoms with van der Waals surface area (Å²) in [5.74, 6) is -0.348. The number of carbonyl (C=O) groups excluding carboxylic acids is 2. The molecule has 1 atom stereocenters. The van der Waals surface area contributed by atoms with Crippen LogP contribution in [0.1, 0.15) is 52.4 Å². The van der Waals surface area contributed by atoms with Crippen LogP contribution in [-0.4, -0.2) is 23.4 Å². The highest BCUT2D eigenvalue weighted by Crippen LogP contribution is 2.24. The lowest BCUT2D eigenvalue weighted by Gasteiger charge is -2.31. The number of nitrogens with two attached hydrogens (primary N) is 2. The molecule has 1 unspecified atom stereocenters. The van der Waals surface area contributed by atoms with Crippen LogP contribution < -0.4 is 16.8 Å². The summed E-state index contributed by atoms with van der Waals surface area (Å²) in [6.07, 6.45) is 4.69. The lowest BCUT2D eigenvalue weighted by Crippen LogP contribution is -2.54. The topological polar surface area (TPSA) is 98.2 Å². The van der Waals surface area contributed by atoms with Gasteiger partial charge in [0.1, 0.15) is 0 Å². The van der Waals surface area contributed by atoms with Gasteiger partial charge in [-0.05, 0) is 39.0 Å². The molecule has 2 amide bonds. The summed E-state index contributed by atoms with van der Waals surface area (Å²) in [7, 11) is 0. The zero-order valence-electron chi connectivity index (χ0n) is 11.4. The van der Waals surface area contributed by atoms with Crippen LogP contribution >= 0.6 is 0 Å². The minimum absolute atomic E-state index is 0.0296. The molecule has 5 N–H and O–H groups in total. The quantitative estimate of drug-likeness (QED) is 0.673. The van der Waals surface area contributed by atoms with Crippen molar-refractivity contribution in [1.29, 1.82) is 0 Å². The number of hydrogen-bond donors (Lipinski definition) is 3. The Balaban J connectivity index is 2.41. The molecule has 0 heterocycles. The van der Waals surface area contributed by atoms with Crippen molar-refractivity contribution in [2.24, 2.45) is 17.4 Å². The van der Waals surface area contributed by atoms with E-state index in [1.165, 1.54) is 0 Å². The second-order valence-corrected chi connectivity index (χ2v) is 5.59. The minimum Gasteiger partial charge on any atom is -0.369 e. The first-order valence-electron chi connectivity index (χ1n) is 6.76. The van der Waals surface area contributed by atoms with Crippen LogP contribution in [0.2, 0.25) is 0 Å². The molecule has 5 nitrogen and oxygen atoms in total. The van der Waals surface area contributed by atoms with Crippen molar-refractivity contribution in [1.82, 2.24) is 5.32 Å². The predicted molar refractivity (Wildman–Crippen MR) is 70.6 cm³/mol. The maximum Gasteiger partial charge on any atom is 0.240 e. The third kappa shape index (κ3) is 3.98. The fourth-order valence-electron chi connectivity index (χ4n) is 2.51. The summed E-state index contributed by atoms with van der Waals surface area (Å²) in [5.41, 5.74) is 10.5. The third-order valence-electron chi connectivity index (χ3n) is 3.75. The van der Waals surface area contributed by atoms with Crippen molar-refractivity contribution < 1.29 is 9.59 Å². The molecule has 1 fully saturated rings. The van der Waals surface area contributed by atoms with E-state index in [-0.39, 0.29) is 23.8 Å². The Morgan fingerprint density at radius 3 is 2.28 bits per heavy atom. The summed E-state index contributed by atoms with van der Waals surface area (Å²) in [4.78, 5) is 23.1. The first-order valence-corrected chi connectivity index (χ1v) is 6.76. The molecule has 1 saturated carbocycles. The maximum atomic E-state index is 12.0. The van der Waals surface area contributed by atoms with E-state index in [9.17, 15) is 9.59 Å². The predicted octanol–water partition coefficient (Wildman–Crippen LogP) is 0.664. The van der Waals surface area contributed by atoms with Crippen LogP contribution in [0.5, 0.6) is 0 Å². The number of rotatable bonds is 5. The Bertz CT molecular complexity index is 307. The van der Waals surface area contributed by atoms with E-state index in [0.29, 0.717) is 6.42 Å². The molecule has 0 radical (unpaired) electrons. The average molecular weight is 255 g/mol. The first kappa shape index (κ1) is 15.0. The average Bonchev–Trinajstić information content (AvgIpc) is 2.29. The van der Waals surface area contributed by atoms with Gasteiger partial charge in [-0.3, -0.25) is 9.59 Å². The standard InChI is InChI=1S/C13H25N3O2/c1-3-8-13(2,15)12(18)16-10-6-4-9(5-7-10)11(14)17/h9-10H,3-8,15H2,1-2H3,(H2,14,17)(H,16,18). The molecule has 0 aliphatic heterocycles. The lowest BCUT2D eigenvalue weighted by molar-refractivity contribution is -0.127. The van der Waals surface area contributed by atoms with Crippen LogP contribution in [0.15, 0.2) is 0 Å². The fraction of sp³-hybridized carbons (Fsp3) is 0.846. The summed E-state index contributed by atoms with van der Waals surface area (Å²) < 4.78 is 0. The lowest BCUT2D eigenvalue weighted by atomic mass is 9.85. The van der Waals surface area contributed by atoms with Crippen molar-refractivity contribution in [2.45, 2.75) is 64.0 Å². The molecule has 0 spiro atoms. The normalized spacial score (nSPS) is 27.3. The minimum atomic E-state index is -0.796. The highest BCUT2D eigenvalue weighted by molar-refractivity contribution is 5.85. The molecule has 5 heteroatoms. The van der Waals surface area contributed by atoms with Crippen molar-refractivity contribution >= 4 is 11.8 Å². The van der Waals surface area contributed by atoms with Crippen molar-refractivity contribution in [2.75, 3.05) is 0 Å². The van der Waals surface area contributed by atoms with E-state index in [0.717, 1.165) is 32.1 Å². The Hall–Kier alpha value is -1.10. The SMILES string of the molecule is CCCC(C)(N)C(=O)NC1CCC(C(N)=O)CC1. The van der Waals surface area contributed by atoms with E-state index < -0.39 is 5.54 Å². The van der Waals surface area contributed by atoms with Gasteiger partial charge >= 0.3 is 0 Å². The van der Waals surface area contributed by atoms with Gasteiger partial charge in [-0.15, -0.1) is 0 Å². The molecule has 1 aliphatic carbocycles. The van der Waals surface area contributed by atoms with E-state index in [2.05, 4.69) is 5.32 Å². The number of carbonyl (C=O) groups is 2. The molecule has 1 rings (SSSR count). The van der Waals surface area contributed by atoms with Gasteiger partial charge < -0.3 is 16.8 Å². The fourth-order valence-corrected chi connectivity index (χ4v) is 2.51. The summed E-state index contributed by atoms with van der Waals surface area (Å²) in [6, 6.07) is 0.132. The van der Waals surface area contributed by atoms with Gasteiger partial charge in [0.05, 0.1) is 5.54 Å². The molecule has 0 saturated heterocycles. The molecule has 18 heavy (non-hydrogen) atoms. The first-order chi connectivity index (χ1) is 8.36. The van der Waals surface area contributed by atoms with Crippen LogP contribution in [-0.2, 0) is 9.59 Å². The van der Waals surface area contributed by atoms with Crippen LogP contribution in [0, 0.1) is 5.92 Å². The Morgan fingerprint density at radius 1 is 1.28 bits per heavy atom. The van der Waals surface area contributed by atoms with Crippen molar-refractivity contribution in [3.63, 3.8) is 0 Å². The maximum absolute atomic E-state index is 12.0. The zero-order chi connectivity index (χ0) is 13.8. The van der Waals surface area contributed by atoms with Crippen molar-refractivity contribution in [3.8, 4) is 0 Å². The molecule has 0 bridgehead atoms. The molecule has 0 aromatic rings. The smallest absolute Gasteiger partial charge is 0.240 e. The second kappa shape index (κ2) is 6.18. The van der Waals surface area contributed by atoms with Crippen LogP contribution in [0.4, 0.5) is 0 Å². The van der Waals surface area contributed by atoms with E-state index >= 15 is 0 Å². The summed E-state index contributed by atoms with van der Waals surface area (Å²) >= 11 is 0. The second-order valence-electron chi connectivity index (χ2n) is 5.59. The highest BCUT2D eigenvalue weighted by Gasteiger charge is 2.31. The number of primary amides is 1. The van der Waals surface area contributed by atoms with Gasteiger partial charge in [0.25, 0.3) is 0 Å². The monoisotopic (exact) mass is 255 g/mol. The van der Waals surface area contributed by atoms with Crippen molar-refractivity contribution in [3.05, 3.63) is 0 Å². The van der Waals surface area contributed by atoms with Gasteiger partial charge in [-0.1, -0.05) is 13.3 Å². The third-order valence-corrected chi connectivity index (χ3v) is 3.75. The van der Waals surface area contributed by atoms with Crippen LogP contribution in [0.25, 0.3) is 0 Å². The van der Waals surface area contributed by atoms with Gasteiger partial charge in [0.2, 0.25) is 11.8 Å². The largest absolute Gasteiger partial charge is 0.369 e. The molecule has 0 aromatic heterocycles. The number of hydrogen-bond acceptors (Lipinski definition) is 3. The van der Waals surface area contributed by atoms with E-state index in [1.54, 1.807) is 6.92 Å². The Labute approximate surface area is 109 Å². The molecular weight excluding hydrogens is 230 g/mol. The van der Waals surface area contributed by atoms with Gasteiger partial charge in [0, 0.05) is 12.0 Å². The number of nitrogens with one attached hydrogen (secondary N) is 1. The van der Waals surface area contributed by atoms with E-state index in [1.807, 2.05) is 6.92 Å². The van der Waals surface area contributed by atoms with Gasteiger partial charge in [-0.2, -0.15) is 0 Å². The molecule has 0 aromatic carbocycles. The Morgan fingerprint density at radius 2 is 1.83 bits per heavy atom.